The Kier molecular flexibility index (Phi) is 7.20. The topological polar surface area (TPSA) is 67.4 Å². The van der Waals surface area contributed by atoms with E-state index in [-0.39, 0.29) is 11.8 Å². The molecule has 148 valence electrons. The first-order valence-corrected chi connectivity index (χ1v) is 10.1. The lowest BCUT2D eigenvalue weighted by atomic mass is 10.1. The van der Waals surface area contributed by atoms with Crippen LogP contribution < -0.4 is 10.6 Å². The first-order chi connectivity index (χ1) is 13.7. The van der Waals surface area contributed by atoms with E-state index in [2.05, 4.69) is 29.7 Å². The van der Waals surface area contributed by atoms with E-state index in [1.165, 1.54) is 24.8 Å². The van der Waals surface area contributed by atoms with Crippen LogP contribution in [0.4, 0.5) is 11.4 Å². The van der Waals surface area contributed by atoms with Crippen molar-refractivity contribution < 1.29 is 14.3 Å². The van der Waals surface area contributed by atoms with Crippen molar-refractivity contribution >= 4 is 23.2 Å². The van der Waals surface area contributed by atoms with Crippen molar-refractivity contribution in [1.29, 1.82) is 0 Å². The number of unbranched alkanes of at least 4 members (excludes halogenated alkanes) is 2. The molecular weight excluding hydrogens is 352 g/mol. The lowest BCUT2D eigenvalue weighted by Gasteiger charge is -2.12. The van der Waals surface area contributed by atoms with Gasteiger partial charge in [0.15, 0.2) is 0 Å². The average molecular weight is 380 g/mol. The van der Waals surface area contributed by atoms with Crippen molar-refractivity contribution in [2.75, 3.05) is 17.2 Å². The second-order valence-corrected chi connectivity index (χ2v) is 7.18. The van der Waals surface area contributed by atoms with Gasteiger partial charge in [0.1, 0.15) is 6.10 Å². The summed E-state index contributed by atoms with van der Waals surface area (Å²) in [7, 11) is 0. The molecule has 2 amide bonds. The van der Waals surface area contributed by atoms with Crippen LogP contribution >= 0.6 is 0 Å². The number of amides is 2. The van der Waals surface area contributed by atoms with Crippen LogP contribution in [0.25, 0.3) is 0 Å². The minimum absolute atomic E-state index is 0.159. The third-order valence-corrected chi connectivity index (χ3v) is 4.90. The molecule has 1 unspecified atom stereocenters. The number of hydrogen-bond donors (Lipinski definition) is 2. The zero-order valence-corrected chi connectivity index (χ0v) is 16.4. The molecule has 2 N–H and O–H groups in total. The molecule has 1 aliphatic rings. The van der Waals surface area contributed by atoms with Crippen LogP contribution in [0.5, 0.6) is 0 Å². The van der Waals surface area contributed by atoms with E-state index >= 15 is 0 Å². The van der Waals surface area contributed by atoms with E-state index in [0.29, 0.717) is 17.9 Å². The van der Waals surface area contributed by atoms with Gasteiger partial charge in [0.05, 0.1) is 0 Å². The molecule has 1 aliphatic heterocycles. The van der Waals surface area contributed by atoms with E-state index in [1.54, 1.807) is 24.3 Å². The first-order valence-electron chi connectivity index (χ1n) is 10.1. The summed E-state index contributed by atoms with van der Waals surface area (Å²) in [5.41, 5.74) is 3.14. The van der Waals surface area contributed by atoms with E-state index < -0.39 is 6.10 Å². The van der Waals surface area contributed by atoms with Gasteiger partial charge in [-0.25, -0.2) is 0 Å². The molecule has 28 heavy (non-hydrogen) atoms. The summed E-state index contributed by atoms with van der Waals surface area (Å²) < 4.78 is 5.39. The zero-order valence-electron chi connectivity index (χ0n) is 16.4. The van der Waals surface area contributed by atoms with Crippen LogP contribution in [-0.4, -0.2) is 24.5 Å². The van der Waals surface area contributed by atoms with Gasteiger partial charge < -0.3 is 15.4 Å². The van der Waals surface area contributed by atoms with Gasteiger partial charge in [-0.1, -0.05) is 38.0 Å². The fourth-order valence-electron chi connectivity index (χ4n) is 3.28. The lowest BCUT2D eigenvalue weighted by molar-refractivity contribution is -0.124. The highest BCUT2D eigenvalue weighted by Gasteiger charge is 2.23. The molecular formula is C23H28N2O3. The predicted molar refractivity (Wildman–Crippen MR) is 112 cm³/mol. The van der Waals surface area contributed by atoms with Gasteiger partial charge in [-0.15, -0.1) is 0 Å². The number of ether oxygens (including phenoxy) is 1. The molecule has 5 nitrogen and oxygen atoms in total. The summed E-state index contributed by atoms with van der Waals surface area (Å²) in [6, 6.07) is 14.9. The minimum atomic E-state index is -0.395. The van der Waals surface area contributed by atoms with Crippen molar-refractivity contribution in [3.8, 4) is 0 Å². The molecule has 3 rings (SSSR count). The maximum absolute atomic E-state index is 12.6. The van der Waals surface area contributed by atoms with Crippen molar-refractivity contribution in [2.45, 2.75) is 51.6 Å². The summed E-state index contributed by atoms with van der Waals surface area (Å²) >= 11 is 0. The molecule has 2 aromatic carbocycles. The minimum Gasteiger partial charge on any atom is -0.368 e. The van der Waals surface area contributed by atoms with Crippen LogP contribution in [0.1, 0.15) is 54.9 Å². The maximum Gasteiger partial charge on any atom is 0.255 e. The second-order valence-electron chi connectivity index (χ2n) is 7.18. The number of hydrogen-bond acceptors (Lipinski definition) is 3. The number of anilines is 2. The Morgan fingerprint density at radius 1 is 1.04 bits per heavy atom. The highest BCUT2D eigenvalue weighted by Crippen LogP contribution is 2.18. The Morgan fingerprint density at radius 2 is 1.86 bits per heavy atom. The van der Waals surface area contributed by atoms with Crippen LogP contribution in [0.3, 0.4) is 0 Å². The molecule has 0 aromatic heterocycles. The molecule has 0 aliphatic carbocycles. The molecule has 1 saturated heterocycles. The van der Waals surface area contributed by atoms with E-state index in [0.717, 1.165) is 24.9 Å². The van der Waals surface area contributed by atoms with Gasteiger partial charge >= 0.3 is 0 Å². The van der Waals surface area contributed by atoms with Crippen molar-refractivity contribution in [3.05, 3.63) is 59.7 Å². The lowest BCUT2D eigenvalue weighted by Crippen LogP contribution is -2.27. The summed E-state index contributed by atoms with van der Waals surface area (Å²) in [4.78, 5) is 24.7. The summed E-state index contributed by atoms with van der Waals surface area (Å²) in [6.07, 6.45) is 5.94. The van der Waals surface area contributed by atoms with Crippen LogP contribution in [0.15, 0.2) is 48.5 Å². The molecule has 2 aromatic rings. The molecule has 1 atom stereocenters. The number of aryl methyl sites for hydroxylation is 1. The van der Waals surface area contributed by atoms with Crippen molar-refractivity contribution in [3.63, 3.8) is 0 Å². The smallest absolute Gasteiger partial charge is 0.255 e. The van der Waals surface area contributed by atoms with Gasteiger partial charge in [-0.2, -0.15) is 0 Å². The number of rotatable bonds is 8. The van der Waals surface area contributed by atoms with Gasteiger partial charge in [0.2, 0.25) is 0 Å². The van der Waals surface area contributed by atoms with E-state index in [1.807, 2.05) is 12.1 Å². The number of benzene rings is 2. The SMILES string of the molecule is CCCCCc1ccc(NC(=O)c2cccc(NC(=O)C3CCCO3)c2)cc1. The predicted octanol–water partition coefficient (Wildman–Crippen LogP) is 4.79. The Bertz CT molecular complexity index is 796. The van der Waals surface area contributed by atoms with Gasteiger partial charge in [0, 0.05) is 23.5 Å². The van der Waals surface area contributed by atoms with E-state index in [4.69, 9.17) is 4.74 Å². The standard InChI is InChI=1S/C23H28N2O3/c1-2-3-4-7-17-11-13-19(14-12-17)24-22(26)18-8-5-9-20(16-18)25-23(27)21-10-6-15-28-21/h5,8-9,11-14,16,21H,2-4,6-7,10,15H2,1H3,(H,24,26)(H,25,27). The fourth-order valence-corrected chi connectivity index (χ4v) is 3.28. The third-order valence-electron chi connectivity index (χ3n) is 4.90. The summed E-state index contributed by atoms with van der Waals surface area (Å²) in [5.74, 6) is -0.360. The van der Waals surface area contributed by atoms with Crippen LogP contribution in [0.2, 0.25) is 0 Å². The molecule has 1 fully saturated rings. The highest BCUT2D eigenvalue weighted by molar-refractivity contribution is 6.05. The van der Waals surface area contributed by atoms with Crippen molar-refractivity contribution in [1.82, 2.24) is 0 Å². The third kappa shape index (κ3) is 5.67. The molecule has 5 heteroatoms. The average Bonchev–Trinajstić information content (AvgIpc) is 3.25. The Labute approximate surface area is 166 Å². The second kappa shape index (κ2) is 10.0. The van der Waals surface area contributed by atoms with Crippen molar-refractivity contribution in [2.24, 2.45) is 0 Å². The molecule has 0 saturated carbocycles. The molecule has 0 bridgehead atoms. The summed E-state index contributed by atoms with van der Waals surface area (Å²) in [6.45, 7) is 2.82. The molecule has 0 spiro atoms. The molecule has 0 radical (unpaired) electrons. The van der Waals surface area contributed by atoms with Gasteiger partial charge in [-0.3, -0.25) is 9.59 Å². The highest BCUT2D eigenvalue weighted by atomic mass is 16.5. The number of carbonyl (C=O) groups is 2. The normalized spacial score (nSPS) is 16.0. The van der Waals surface area contributed by atoms with Gasteiger partial charge in [-0.05, 0) is 61.6 Å². The summed E-state index contributed by atoms with van der Waals surface area (Å²) in [5, 5.41) is 5.74. The quantitative estimate of drug-likeness (QED) is 0.647. The van der Waals surface area contributed by atoms with Gasteiger partial charge in [0.25, 0.3) is 11.8 Å². The Balaban J connectivity index is 1.57. The maximum atomic E-state index is 12.6. The Morgan fingerprint density at radius 3 is 2.57 bits per heavy atom. The first kappa shape index (κ1) is 20.1. The molecule has 1 heterocycles. The Hall–Kier alpha value is -2.66. The fraction of sp³-hybridized carbons (Fsp3) is 0.391. The van der Waals surface area contributed by atoms with Crippen LogP contribution in [0, 0.1) is 0 Å². The zero-order chi connectivity index (χ0) is 19.8. The van der Waals surface area contributed by atoms with E-state index in [9.17, 15) is 9.59 Å². The van der Waals surface area contributed by atoms with Crippen LogP contribution in [-0.2, 0) is 16.0 Å². The number of nitrogens with one attached hydrogen (secondary N) is 2. The largest absolute Gasteiger partial charge is 0.368 e. The monoisotopic (exact) mass is 380 g/mol. The number of carbonyl (C=O) groups excluding carboxylic acids is 2.